The zero-order chi connectivity index (χ0) is 40.0. The Kier molecular flexibility index (Phi) is 36.1. The Balaban J connectivity index is 4.32. The highest BCUT2D eigenvalue weighted by molar-refractivity contribution is 7.47. The van der Waals surface area contributed by atoms with Gasteiger partial charge in [0, 0.05) is 12.8 Å². The lowest BCUT2D eigenvalue weighted by Gasteiger charge is -2.24. The number of phosphoric ester groups is 1. The van der Waals surface area contributed by atoms with Gasteiger partial charge in [-0.1, -0.05) is 167 Å². The van der Waals surface area contributed by atoms with Crippen LogP contribution in [-0.4, -0.2) is 74.9 Å². The molecule has 0 amide bonds. The minimum atomic E-state index is -4.37. The molecule has 10 heteroatoms. The van der Waals surface area contributed by atoms with Crippen LogP contribution < -0.4 is 0 Å². The van der Waals surface area contributed by atoms with Crippen molar-refractivity contribution in [3.63, 3.8) is 0 Å². The molecule has 0 saturated carbocycles. The molecule has 0 fully saturated rings. The van der Waals surface area contributed by atoms with E-state index in [0.717, 1.165) is 64.2 Å². The second-order valence-electron chi connectivity index (χ2n) is 16.1. The number of quaternary nitrogens is 1. The van der Waals surface area contributed by atoms with E-state index in [1.807, 2.05) is 21.1 Å². The number of phosphoric acid groups is 1. The van der Waals surface area contributed by atoms with E-state index in [1.54, 1.807) is 0 Å². The summed E-state index contributed by atoms with van der Waals surface area (Å²) in [7, 11) is 1.47. The van der Waals surface area contributed by atoms with Crippen LogP contribution in [-0.2, 0) is 32.7 Å². The minimum absolute atomic E-state index is 0.0305. The highest BCUT2D eigenvalue weighted by Gasteiger charge is 2.27. The van der Waals surface area contributed by atoms with Gasteiger partial charge in [-0.2, -0.15) is 0 Å². The normalized spacial score (nSPS) is 13.8. The fourth-order valence-electron chi connectivity index (χ4n) is 5.99. The van der Waals surface area contributed by atoms with Crippen LogP contribution in [0, 0.1) is 0 Å². The van der Waals surface area contributed by atoms with Crippen molar-refractivity contribution >= 4 is 19.8 Å². The molecule has 1 N–H and O–H groups in total. The van der Waals surface area contributed by atoms with Crippen molar-refractivity contribution in [2.45, 2.75) is 200 Å². The quantitative estimate of drug-likeness (QED) is 0.0215. The van der Waals surface area contributed by atoms with Gasteiger partial charge >= 0.3 is 19.8 Å². The summed E-state index contributed by atoms with van der Waals surface area (Å²) in [4.78, 5) is 35.3. The van der Waals surface area contributed by atoms with Gasteiger partial charge in [0.25, 0.3) is 0 Å². The van der Waals surface area contributed by atoms with Gasteiger partial charge < -0.3 is 18.9 Å². The number of allylic oxidation sites excluding steroid dienone is 4. The van der Waals surface area contributed by atoms with E-state index >= 15 is 0 Å². The maximum absolute atomic E-state index is 12.7. The molecular formula is C44H85NO8P+. The third kappa shape index (κ3) is 40.2. The van der Waals surface area contributed by atoms with Crippen LogP contribution in [0.25, 0.3) is 0 Å². The highest BCUT2D eigenvalue weighted by atomic mass is 31.2. The summed E-state index contributed by atoms with van der Waals surface area (Å²) in [5.74, 6) is -0.809. The lowest BCUT2D eigenvalue weighted by Crippen LogP contribution is -2.37. The van der Waals surface area contributed by atoms with Crippen LogP contribution in [0.4, 0.5) is 0 Å². The standard InChI is InChI=1S/C44H84NO8P/c1-6-8-10-12-14-16-18-20-21-22-23-25-26-28-30-32-34-36-43(46)50-40-42(41-52-54(48,49)51-39-38-45(3,4)5)53-44(47)37-35-33-31-29-27-24-19-17-15-13-11-9-7-2/h11,13,17,19,42H,6-10,12,14-16,18,20-41H2,1-5H3/p+1/b13-11-,19-17-. The Morgan fingerprint density at radius 2 is 1.04 bits per heavy atom. The predicted octanol–water partition coefficient (Wildman–Crippen LogP) is 12.4. The monoisotopic (exact) mass is 787 g/mol. The topological polar surface area (TPSA) is 108 Å². The maximum atomic E-state index is 12.7. The van der Waals surface area contributed by atoms with Crippen molar-refractivity contribution in [3.05, 3.63) is 24.3 Å². The average Bonchev–Trinajstić information content (AvgIpc) is 3.12. The third-order valence-corrected chi connectivity index (χ3v) is 10.4. The number of hydrogen-bond donors (Lipinski definition) is 1. The number of hydrogen-bond acceptors (Lipinski definition) is 7. The van der Waals surface area contributed by atoms with Crippen molar-refractivity contribution < 1.29 is 42.1 Å². The van der Waals surface area contributed by atoms with Gasteiger partial charge in [-0.15, -0.1) is 0 Å². The van der Waals surface area contributed by atoms with Crippen LogP contribution in [0.3, 0.4) is 0 Å². The first kappa shape index (κ1) is 52.5. The van der Waals surface area contributed by atoms with Gasteiger partial charge in [0.15, 0.2) is 6.10 Å². The fraction of sp³-hybridized carbons (Fsp3) is 0.864. The molecule has 2 unspecified atom stereocenters. The Morgan fingerprint density at radius 3 is 1.54 bits per heavy atom. The molecule has 54 heavy (non-hydrogen) atoms. The first-order valence-corrected chi connectivity index (χ1v) is 23.6. The number of rotatable bonds is 40. The summed E-state index contributed by atoms with van der Waals surface area (Å²) in [6.45, 7) is 4.36. The molecule has 0 radical (unpaired) electrons. The zero-order valence-electron chi connectivity index (χ0n) is 35.7. The molecule has 0 aliphatic carbocycles. The summed E-state index contributed by atoms with van der Waals surface area (Å²) >= 11 is 0. The Labute approximate surface area is 332 Å². The summed E-state index contributed by atoms with van der Waals surface area (Å²) in [6.07, 6.45) is 39.4. The van der Waals surface area contributed by atoms with Gasteiger partial charge in [-0.25, -0.2) is 4.57 Å². The zero-order valence-corrected chi connectivity index (χ0v) is 36.6. The first-order valence-electron chi connectivity index (χ1n) is 22.1. The molecule has 0 rings (SSSR count). The van der Waals surface area contributed by atoms with E-state index in [9.17, 15) is 19.0 Å². The number of ether oxygens (including phenoxy) is 2. The number of carbonyl (C=O) groups excluding carboxylic acids is 2. The summed E-state index contributed by atoms with van der Waals surface area (Å²) in [5, 5.41) is 0. The lowest BCUT2D eigenvalue weighted by molar-refractivity contribution is -0.870. The van der Waals surface area contributed by atoms with Crippen molar-refractivity contribution in [2.75, 3.05) is 47.5 Å². The van der Waals surface area contributed by atoms with Crippen molar-refractivity contribution in [3.8, 4) is 0 Å². The van der Waals surface area contributed by atoms with Gasteiger partial charge in [0.05, 0.1) is 27.7 Å². The maximum Gasteiger partial charge on any atom is 0.472 e. The number of likely N-dealkylation sites (N-methyl/N-ethyl adjacent to an activating group) is 1. The number of nitrogens with zero attached hydrogens (tertiary/aromatic N) is 1. The fourth-order valence-corrected chi connectivity index (χ4v) is 6.73. The predicted molar refractivity (Wildman–Crippen MR) is 224 cm³/mol. The SMILES string of the molecule is CCC/C=C\C/C=C\CCCCCCCC(=O)OC(COC(=O)CCCCCCCCCCCCCCCCCCC)COP(=O)(O)OCC[N+](C)(C)C. The first-order chi connectivity index (χ1) is 26.0. The van der Waals surface area contributed by atoms with E-state index in [2.05, 4.69) is 38.2 Å². The number of unbranched alkanes of at least 4 members (excludes halogenated alkanes) is 22. The largest absolute Gasteiger partial charge is 0.472 e. The van der Waals surface area contributed by atoms with E-state index in [4.69, 9.17) is 18.5 Å². The minimum Gasteiger partial charge on any atom is -0.462 e. The number of carbonyl (C=O) groups is 2. The molecule has 0 bridgehead atoms. The summed E-state index contributed by atoms with van der Waals surface area (Å²) in [5.41, 5.74) is 0. The van der Waals surface area contributed by atoms with Crippen LogP contribution in [0.15, 0.2) is 24.3 Å². The third-order valence-electron chi connectivity index (χ3n) is 9.47. The van der Waals surface area contributed by atoms with Crippen LogP contribution in [0.5, 0.6) is 0 Å². The lowest BCUT2D eigenvalue weighted by atomic mass is 10.0. The average molecular weight is 787 g/mol. The molecule has 0 aliphatic heterocycles. The summed E-state index contributed by atoms with van der Waals surface area (Å²) < 4.78 is 34.3. The van der Waals surface area contributed by atoms with Crippen LogP contribution >= 0.6 is 7.82 Å². The molecular weight excluding hydrogens is 701 g/mol. The number of esters is 2. The smallest absolute Gasteiger partial charge is 0.462 e. The van der Waals surface area contributed by atoms with Crippen LogP contribution in [0.1, 0.15) is 194 Å². The highest BCUT2D eigenvalue weighted by Crippen LogP contribution is 2.43. The van der Waals surface area contributed by atoms with E-state index in [0.29, 0.717) is 23.9 Å². The van der Waals surface area contributed by atoms with Crippen molar-refractivity contribution in [1.29, 1.82) is 0 Å². The molecule has 0 aromatic rings. The Morgan fingerprint density at radius 1 is 0.574 bits per heavy atom. The molecule has 9 nitrogen and oxygen atoms in total. The van der Waals surface area contributed by atoms with Gasteiger partial charge in [-0.3, -0.25) is 18.6 Å². The van der Waals surface area contributed by atoms with E-state index < -0.39 is 26.5 Å². The molecule has 0 aromatic carbocycles. The second kappa shape index (κ2) is 37.1. The molecule has 0 saturated heterocycles. The molecule has 0 aromatic heterocycles. The summed E-state index contributed by atoms with van der Waals surface area (Å²) in [6, 6.07) is 0. The van der Waals surface area contributed by atoms with Crippen molar-refractivity contribution in [1.82, 2.24) is 0 Å². The van der Waals surface area contributed by atoms with Gasteiger partial charge in [0.2, 0.25) is 0 Å². The molecule has 0 heterocycles. The Bertz CT molecular complexity index is 980. The molecule has 2 atom stereocenters. The van der Waals surface area contributed by atoms with Gasteiger partial charge in [-0.05, 0) is 38.5 Å². The molecule has 0 aliphatic rings. The molecule has 318 valence electrons. The van der Waals surface area contributed by atoms with Crippen LogP contribution in [0.2, 0.25) is 0 Å². The second-order valence-corrected chi connectivity index (χ2v) is 17.5. The van der Waals surface area contributed by atoms with E-state index in [1.165, 1.54) is 96.3 Å². The van der Waals surface area contributed by atoms with Gasteiger partial charge in [0.1, 0.15) is 19.8 Å². The van der Waals surface area contributed by atoms with Crippen molar-refractivity contribution in [2.24, 2.45) is 0 Å². The Hall–Kier alpha value is -1.51. The molecule has 0 spiro atoms. The van der Waals surface area contributed by atoms with E-state index in [-0.39, 0.29) is 25.6 Å².